The van der Waals surface area contributed by atoms with Gasteiger partial charge in [0.2, 0.25) is 5.91 Å². The summed E-state index contributed by atoms with van der Waals surface area (Å²) in [5.74, 6) is -0.147. The first-order valence-electron chi connectivity index (χ1n) is 9.48. The van der Waals surface area contributed by atoms with Crippen molar-refractivity contribution < 1.29 is 18.8 Å². The summed E-state index contributed by atoms with van der Waals surface area (Å²) in [5.41, 5.74) is 1.14. The number of hydrogen-bond donors (Lipinski definition) is 2. The van der Waals surface area contributed by atoms with E-state index in [1.165, 1.54) is 6.26 Å². The van der Waals surface area contributed by atoms with Gasteiger partial charge in [-0.1, -0.05) is 0 Å². The Morgan fingerprint density at radius 1 is 1.07 bits per heavy atom. The van der Waals surface area contributed by atoms with E-state index in [4.69, 9.17) is 4.42 Å². The van der Waals surface area contributed by atoms with Crippen molar-refractivity contribution in [1.29, 1.82) is 0 Å². The second-order valence-electron chi connectivity index (χ2n) is 7.24. The Kier molecular flexibility index (Phi) is 6.13. The van der Waals surface area contributed by atoms with E-state index in [1.807, 2.05) is 13.8 Å². The van der Waals surface area contributed by atoms with E-state index in [0.29, 0.717) is 37.2 Å². The average Bonchev–Trinajstić information content (AvgIpc) is 3.23. The standard InChI is InChI=1S/C21H25N3O4/c1-14(2)22-19(25)15-9-11-24(12-10-15)21(27)16-5-7-17(8-6-16)23-20(26)18-4-3-13-28-18/h3-8,13-15H,9-12H2,1-2H3,(H,22,25)(H,23,26). The van der Waals surface area contributed by atoms with Crippen molar-refractivity contribution in [3.8, 4) is 0 Å². The van der Waals surface area contributed by atoms with E-state index in [9.17, 15) is 14.4 Å². The molecule has 3 rings (SSSR count). The Labute approximate surface area is 164 Å². The summed E-state index contributed by atoms with van der Waals surface area (Å²) in [4.78, 5) is 38.6. The molecule has 3 amide bonds. The molecule has 7 heteroatoms. The molecule has 148 valence electrons. The Morgan fingerprint density at radius 3 is 2.32 bits per heavy atom. The second kappa shape index (κ2) is 8.73. The monoisotopic (exact) mass is 383 g/mol. The van der Waals surface area contributed by atoms with Crippen LogP contribution in [0.3, 0.4) is 0 Å². The molecule has 2 N–H and O–H groups in total. The molecule has 0 saturated carbocycles. The maximum Gasteiger partial charge on any atom is 0.291 e. The van der Waals surface area contributed by atoms with Crippen LogP contribution in [0.4, 0.5) is 5.69 Å². The van der Waals surface area contributed by atoms with Crippen LogP contribution in [0.1, 0.15) is 47.6 Å². The predicted octanol–water partition coefficient (Wildman–Crippen LogP) is 2.91. The van der Waals surface area contributed by atoms with Gasteiger partial charge in [-0.05, 0) is 63.1 Å². The van der Waals surface area contributed by atoms with Crippen molar-refractivity contribution in [3.05, 3.63) is 54.0 Å². The minimum absolute atomic E-state index is 0.0364. The normalized spacial score (nSPS) is 14.8. The first-order chi connectivity index (χ1) is 13.4. The third kappa shape index (κ3) is 4.79. The maximum atomic E-state index is 12.7. The number of nitrogens with zero attached hydrogens (tertiary/aromatic N) is 1. The average molecular weight is 383 g/mol. The van der Waals surface area contributed by atoms with Crippen LogP contribution in [0.2, 0.25) is 0 Å². The third-order valence-electron chi connectivity index (χ3n) is 4.72. The van der Waals surface area contributed by atoms with E-state index >= 15 is 0 Å². The summed E-state index contributed by atoms with van der Waals surface area (Å²) in [6, 6.07) is 10.1. The summed E-state index contributed by atoms with van der Waals surface area (Å²) in [5, 5.41) is 5.66. The number of hydrogen-bond acceptors (Lipinski definition) is 4. The van der Waals surface area contributed by atoms with Crippen molar-refractivity contribution in [2.45, 2.75) is 32.7 Å². The molecule has 7 nitrogen and oxygen atoms in total. The highest BCUT2D eigenvalue weighted by atomic mass is 16.3. The van der Waals surface area contributed by atoms with E-state index < -0.39 is 0 Å². The Hall–Kier alpha value is -3.09. The predicted molar refractivity (Wildman–Crippen MR) is 105 cm³/mol. The number of furan rings is 1. The minimum atomic E-state index is -0.342. The number of carbonyl (C=O) groups is 3. The molecule has 0 atom stereocenters. The number of amides is 3. The Bertz CT molecular complexity index is 820. The quantitative estimate of drug-likeness (QED) is 0.830. The van der Waals surface area contributed by atoms with Crippen molar-refractivity contribution >= 4 is 23.4 Å². The molecule has 1 saturated heterocycles. The zero-order valence-electron chi connectivity index (χ0n) is 16.1. The molecule has 0 aliphatic carbocycles. The first kappa shape index (κ1) is 19.7. The van der Waals surface area contributed by atoms with E-state index in [0.717, 1.165) is 0 Å². The van der Waals surface area contributed by atoms with Crippen LogP contribution in [0.15, 0.2) is 47.1 Å². The van der Waals surface area contributed by atoms with Crippen LogP contribution >= 0.6 is 0 Å². The number of anilines is 1. The first-order valence-corrected chi connectivity index (χ1v) is 9.48. The molecule has 2 heterocycles. The van der Waals surface area contributed by atoms with E-state index in [2.05, 4.69) is 10.6 Å². The fourth-order valence-corrected chi connectivity index (χ4v) is 3.23. The van der Waals surface area contributed by atoms with Crippen molar-refractivity contribution in [2.75, 3.05) is 18.4 Å². The van der Waals surface area contributed by atoms with Gasteiger partial charge in [-0.15, -0.1) is 0 Å². The zero-order chi connectivity index (χ0) is 20.1. The highest BCUT2D eigenvalue weighted by Gasteiger charge is 2.28. The van der Waals surface area contributed by atoms with Gasteiger partial charge < -0.3 is 20.0 Å². The molecule has 2 aromatic rings. The highest BCUT2D eigenvalue weighted by molar-refractivity contribution is 6.02. The smallest absolute Gasteiger partial charge is 0.291 e. The molecular weight excluding hydrogens is 358 g/mol. The summed E-state index contributed by atoms with van der Waals surface area (Å²) in [6.07, 6.45) is 2.77. The molecule has 0 spiro atoms. The minimum Gasteiger partial charge on any atom is -0.459 e. The van der Waals surface area contributed by atoms with Gasteiger partial charge in [0.25, 0.3) is 11.8 Å². The number of likely N-dealkylation sites (tertiary alicyclic amines) is 1. The SMILES string of the molecule is CC(C)NC(=O)C1CCN(C(=O)c2ccc(NC(=O)c3ccco3)cc2)CC1. The molecule has 0 unspecified atom stereocenters. The molecule has 0 bridgehead atoms. The summed E-state index contributed by atoms with van der Waals surface area (Å²) in [6.45, 7) is 5.01. The lowest BCUT2D eigenvalue weighted by atomic mass is 9.95. The van der Waals surface area contributed by atoms with Crippen molar-refractivity contribution in [2.24, 2.45) is 5.92 Å². The van der Waals surface area contributed by atoms with Crippen LogP contribution in [-0.4, -0.2) is 41.8 Å². The van der Waals surface area contributed by atoms with Gasteiger partial charge >= 0.3 is 0 Å². The van der Waals surface area contributed by atoms with Gasteiger partial charge in [0, 0.05) is 36.3 Å². The number of rotatable bonds is 5. The van der Waals surface area contributed by atoms with Crippen LogP contribution in [0.25, 0.3) is 0 Å². The zero-order valence-corrected chi connectivity index (χ0v) is 16.1. The van der Waals surface area contributed by atoms with E-state index in [1.54, 1.807) is 41.3 Å². The van der Waals surface area contributed by atoms with Gasteiger partial charge in [0.05, 0.1) is 6.26 Å². The third-order valence-corrected chi connectivity index (χ3v) is 4.72. The van der Waals surface area contributed by atoms with Crippen LogP contribution < -0.4 is 10.6 Å². The van der Waals surface area contributed by atoms with Gasteiger partial charge in [0.15, 0.2) is 5.76 Å². The largest absolute Gasteiger partial charge is 0.459 e. The topological polar surface area (TPSA) is 91.7 Å². The molecule has 1 fully saturated rings. The number of piperidine rings is 1. The lowest BCUT2D eigenvalue weighted by molar-refractivity contribution is -0.126. The summed E-state index contributed by atoms with van der Waals surface area (Å²) < 4.78 is 5.05. The molecule has 0 radical (unpaired) electrons. The molecular formula is C21H25N3O4. The second-order valence-corrected chi connectivity index (χ2v) is 7.24. The Morgan fingerprint density at radius 2 is 1.75 bits per heavy atom. The fraction of sp³-hybridized carbons (Fsp3) is 0.381. The van der Waals surface area contributed by atoms with Gasteiger partial charge in [-0.25, -0.2) is 0 Å². The number of carbonyl (C=O) groups excluding carboxylic acids is 3. The lowest BCUT2D eigenvalue weighted by Crippen LogP contribution is -2.44. The fourth-order valence-electron chi connectivity index (χ4n) is 3.23. The van der Waals surface area contributed by atoms with Crippen LogP contribution in [-0.2, 0) is 4.79 Å². The summed E-state index contributed by atoms with van der Waals surface area (Å²) >= 11 is 0. The van der Waals surface area contributed by atoms with Gasteiger partial charge in [0.1, 0.15) is 0 Å². The molecule has 28 heavy (non-hydrogen) atoms. The highest BCUT2D eigenvalue weighted by Crippen LogP contribution is 2.20. The Balaban J connectivity index is 1.54. The van der Waals surface area contributed by atoms with Gasteiger partial charge in [-0.2, -0.15) is 0 Å². The molecule has 1 aliphatic heterocycles. The summed E-state index contributed by atoms with van der Waals surface area (Å²) in [7, 11) is 0. The van der Waals surface area contributed by atoms with Crippen molar-refractivity contribution in [1.82, 2.24) is 10.2 Å². The van der Waals surface area contributed by atoms with Crippen molar-refractivity contribution in [3.63, 3.8) is 0 Å². The lowest BCUT2D eigenvalue weighted by Gasteiger charge is -2.31. The van der Waals surface area contributed by atoms with E-state index in [-0.39, 0.29) is 35.4 Å². The van der Waals surface area contributed by atoms with Crippen LogP contribution in [0, 0.1) is 5.92 Å². The molecule has 1 aliphatic rings. The number of benzene rings is 1. The van der Waals surface area contributed by atoms with Crippen LogP contribution in [0.5, 0.6) is 0 Å². The molecule has 1 aromatic heterocycles. The van der Waals surface area contributed by atoms with Gasteiger partial charge in [-0.3, -0.25) is 14.4 Å². The molecule has 1 aromatic carbocycles. The number of nitrogens with one attached hydrogen (secondary N) is 2. The maximum absolute atomic E-state index is 12.7.